The molecule has 1 aromatic carbocycles. The molecule has 1 amide bonds. The van der Waals surface area contributed by atoms with E-state index in [1.54, 1.807) is 37.4 Å². The number of aliphatic imine (C=N–C) groups is 1. The fraction of sp³-hybridized carbons (Fsp3) is 0.421. The summed E-state index contributed by atoms with van der Waals surface area (Å²) in [7, 11) is 5.28. The molecule has 0 fully saturated rings. The average Bonchev–Trinajstić information content (AvgIpc) is 3.12. The molecule has 1 heterocycles. The van der Waals surface area contributed by atoms with Gasteiger partial charge in [0.15, 0.2) is 5.96 Å². The standard InChI is InChI=1S/C19H27N5OS/c1-5-17-23-16(13-26-17)12-22-19(20-2)21-10-9-14-7-6-8-15(11-14)18(25)24(3)4/h6-8,11,13H,5,9-10,12H2,1-4H3,(H2,20,21,22). The molecule has 7 heteroatoms. The summed E-state index contributed by atoms with van der Waals surface area (Å²) in [6, 6.07) is 7.75. The first-order chi connectivity index (χ1) is 12.5. The smallest absolute Gasteiger partial charge is 0.253 e. The van der Waals surface area contributed by atoms with Crippen LogP contribution in [0, 0.1) is 0 Å². The molecular formula is C19H27N5OS. The van der Waals surface area contributed by atoms with Crippen LogP contribution in [0.5, 0.6) is 0 Å². The minimum Gasteiger partial charge on any atom is -0.356 e. The van der Waals surface area contributed by atoms with Crippen LogP contribution >= 0.6 is 11.3 Å². The lowest BCUT2D eigenvalue weighted by atomic mass is 10.1. The number of thiazole rings is 1. The van der Waals surface area contributed by atoms with Crippen LogP contribution < -0.4 is 10.6 Å². The highest BCUT2D eigenvalue weighted by Gasteiger charge is 2.08. The van der Waals surface area contributed by atoms with E-state index in [4.69, 9.17) is 0 Å². The fourth-order valence-corrected chi connectivity index (χ4v) is 3.18. The lowest BCUT2D eigenvalue weighted by Crippen LogP contribution is -2.37. The molecule has 0 aliphatic carbocycles. The van der Waals surface area contributed by atoms with Gasteiger partial charge in [0.05, 0.1) is 17.2 Å². The summed E-state index contributed by atoms with van der Waals surface area (Å²) >= 11 is 1.69. The van der Waals surface area contributed by atoms with Crippen LogP contribution in [0.25, 0.3) is 0 Å². The molecule has 26 heavy (non-hydrogen) atoms. The van der Waals surface area contributed by atoms with Crippen molar-refractivity contribution in [2.45, 2.75) is 26.3 Å². The molecule has 6 nitrogen and oxygen atoms in total. The highest BCUT2D eigenvalue weighted by atomic mass is 32.1. The number of benzene rings is 1. The molecule has 0 spiro atoms. The summed E-state index contributed by atoms with van der Waals surface area (Å²) in [6.07, 6.45) is 1.78. The maximum absolute atomic E-state index is 12.0. The topological polar surface area (TPSA) is 69.6 Å². The van der Waals surface area contributed by atoms with Gasteiger partial charge in [-0.05, 0) is 30.5 Å². The van der Waals surface area contributed by atoms with E-state index in [0.717, 1.165) is 41.6 Å². The lowest BCUT2D eigenvalue weighted by Gasteiger charge is -2.13. The van der Waals surface area contributed by atoms with Gasteiger partial charge in [0.1, 0.15) is 0 Å². The Bertz CT molecular complexity index is 754. The molecule has 0 atom stereocenters. The van der Waals surface area contributed by atoms with Crippen molar-refractivity contribution < 1.29 is 4.79 Å². The predicted molar refractivity (Wildman–Crippen MR) is 108 cm³/mol. The molecule has 140 valence electrons. The number of carbonyl (C=O) groups excluding carboxylic acids is 1. The number of rotatable bonds is 7. The van der Waals surface area contributed by atoms with Crippen molar-refractivity contribution in [3.63, 3.8) is 0 Å². The van der Waals surface area contributed by atoms with E-state index in [-0.39, 0.29) is 5.91 Å². The number of nitrogens with zero attached hydrogens (tertiary/aromatic N) is 3. The zero-order valence-corrected chi connectivity index (χ0v) is 16.7. The van der Waals surface area contributed by atoms with Gasteiger partial charge in [-0.1, -0.05) is 19.1 Å². The maximum atomic E-state index is 12.0. The number of hydrogen-bond acceptors (Lipinski definition) is 4. The quantitative estimate of drug-likeness (QED) is 0.577. The van der Waals surface area contributed by atoms with Crippen LogP contribution in [0.4, 0.5) is 0 Å². The van der Waals surface area contributed by atoms with Crippen LogP contribution in [0.3, 0.4) is 0 Å². The highest BCUT2D eigenvalue weighted by Crippen LogP contribution is 2.10. The van der Waals surface area contributed by atoms with Crippen LogP contribution in [0.15, 0.2) is 34.6 Å². The van der Waals surface area contributed by atoms with Gasteiger partial charge >= 0.3 is 0 Å². The number of carbonyl (C=O) groups is 1. The van der Waals surface area contributed by atoms with Gasteiger partial charge in [0.2, 0.25) is 0 Å². The Morgan fingerprint density at radius 1 is 1.31 bits per heavy atom. The maximum Gasteiger partial charge on any atom is 0.253 e. The van der Waals surface area contributed by atoms with Gasteiger partial charge in [-0.25, -0.2) is 4.98 Å². The molecule has 2 aromatic rings. The highest BCUT2D eigenvalue weighted by molar-refractivity contribution is 7.09. The number of guanidine groups is 1. The Hall–Kier alpha value is -2.41. The molecule has 0 saturated heterocycles. The molecule has 2 rings (SSSR count). The monoisotopic (exact) mass is 373 g/mol. The van der Waals surface area contributed by atoms with Crippen LogP contribution in [0.1, 0.15) is 33.5 Å². The van der Waals surface area contributed by atoms with Crippen LogP contribution in [-0.2, 0) is 19.4 Å². The Labute approximate surface area is 159 Å². The van der Waals surface area contributed by atoms with E-state index < -0.39 is 0 Å². The first-order valence-electron chi connectivity index (χ1n) is 8.71. The minimum absolute atomic E-state index is 0.0204. The summed E-state index contributed by atoms with van der Waals surface area (Å²) < 4.78 is 0. The van der Waals surface area contributed by atoms with Crippen LogP contribution in [-0.4, -0.2) is 49.4 Å². The largest absolute Gasteiger partial charge is 0.356 e. The van der Waals surface area contributed by atoms with E-state index in [0.29, 0.717) is 12.1 Å². The molecule has 0 bridgehead atoms. The Morgan fingerprint density at radius 2 is 2.12 bits per heavy atom. The zero-order chi connectivity index (χ0) is 18.9. The molecule has 0 aliphatic rings. The molecule has 0 radical (unpaired) electrons. The normalized spacial score (nSPS) is 11.3. The average molecular weight is 374 g/mol. The Balaban J connectivity index is 1.82. The van der Waals surface area contributed by atoms with E-state index in [1.165, 1.54) is 0 Å². The van der Waals surface area contributed by atoms with Gasteiger partial charge in [-0.15, -0.1) is 11.3 Å². The number of aryl methyl sites for hydroxylation is 1. The van der Waals surface area contributed by atoms with Crippen molar-refractivity contribution in [3.05, 3.63) is 51.5 Å². The number of amides is 1. The molecule has 1 aromatic heterocycles. The summed E-state index contributed by atoms with van der Waals surface area (Å²) in [5, 5.41) is 9.80. The van der Waals surface area contributed by atoms with E-state index in [1.807, 2.05) is 24.3 Å². The number of hydrogen-bond donors (Lipinski definition) is 2. The van der Waals surface area contributed by atoms with E-state index >= 15 is 0 Å². The van der Waals surface area contributed by atoms with E-state index in [2.05, 4.69) is 32.9 Å². The van der Waals surface area contributed by atoms with Crippen LogP contribution in [0.2, 0.25) is 0 Å². The second-order valence-electron chi connectivity index (χ2n) is 6.09. The van der Waals surface area contributed by atoms with Gasteiger partial charge in [-0.3, -0.25) is 9.79 Å². The SMILES string of the molecule is CCc1nc(CNC(=NC)NCCc2cccc(C(=O)N(C)C)c2)cs1. The number of nitrogens with one attached hydrogen (secondary N) is 2. The van der Waals surface area contributed by atoms with Gasteiger partial charge in [-0.2, -0.15) is 0 Å². The molecule has 2 N–H and O–H groups in total. The van der Waals surface area contributed by atoms with Crippen molar-refractivity contribution in [3.8, 4) is 0 Å². The molecule has 0 saturated carbocycles. The van der Waals surface area contributed by atoms with E-state index in [9.17, 15) is 4.79 Å². The van der Waals surface area contributed by atoms with Gasteiger partial charge in [0, 0.05) is 38.6 Å². The summed E-state index contributed by atoms with van der Waals surface area (Å²) in [5.74, 6) is 0.767. The predicted octanol–water partition coefficient (Wildman–Crippen LogP) is 2.31. The number of aromatic nitrogens is 1. The van der Waals surface area contributed by atoms with Gasteiger partial charge in [0.25, 0.3) is 5.91 Å². The second-order valence-corrected chi connectivity index (χ2v) is 7.03. The lowest BCUT2D eigenvalue weighted by molar-refractivity contribution is 0.0827. The summed E-state index contributed by atoms with van der Waals surface area (Å²) in [6.45, 7) is 3.50. The third-order valence-corrected chi connectivity index (χ3v) is 4.89. The summed E-state index contributed by atoms with van der Waals surface area (Å²) in [5.41, 5.74) is 2.86. The summed E-state index contributed by atoms with van der Waals surface area (Å²) in [4.78, 5) is 22.4. The third kappa shape index (κ3) is 5.84. The Morgan fingerprint density at radius 3 is 2.77 bits per heavy atom. The fourth-order valence-electron chi connectivity index (χ4n) is 2.43. The van der Waals surface area contributed by atoms with Crippen molar-refractivity contribution in [1.29, 1.82) is 0 Å². The van der Waals surface area contributed by atoms with Gasteiger partial charge < -0.3 is 15.5 Å². The third-order valence-electron chi connectivity index (χ3n) is 3.85. The first kappa shape index (κ1) is 19.9. The van der Waals surface area contributed by atoms with Crippen molar-refractivity contribution in [2.75, 3.05) is 27.7 Å². The molecule has 0 unspecified atom stereocenters. The first-order valence-corrected chi connectivity index (χ1v) is 9.59. The van der Waals surface area contributed by atoms with Crippen molar-refractivity contribution in [2.24, 2.45) is 4.99 Å². The van der Waals surface area contributed by atoms with Crippen molar-refractivity contribution in [1.82, 2.24) is 20.5 Å². The Kier molecular flexibility index (Phi) is 7.59. The molecular weight excluding hydrogens is 346 g/mol. The zero-order valence-electron chi connectivity index (χ0n) is 15.9. The second kappa shape index (κ2) is 9.91. The minimum atomic E-state index is 0.0204. The molecule has 0 aliphatic heterocycles. The van der Waals surface area contributed by atoms with Crippen molar-refractivity contribution >= 4 is 23.2 Å².